The summed E-state index contributed by atoms with van der Waals surface area (Å²) in [6, 6.07) is 12.5. The molecule has 2 aromatic rings. The first-order valence-corrected chi connectivity index (χ1v) is 15.0. The quantitative estimate of drug-likeness (QED) is 0.243. The van der Waals surface area contributed by atoms with Crippen LogP contribution >= 0.6 is 0 Å². The number of amides is 1. The van der Waals surface area contributed by atoms with Crippen molar-refractivity contribution < 1.29 is 31.5 Å². The maximum atomic E-state index is 13.0. The molecule has 2 rings (SSSR count). The van der Waals surface area contributed by atoms with E-state index in [1.165, 1.54) is 24.3 Å². The van der Waals surface area contributed by atoms with Crippen molar-refractivity contribution in [1.82, 2.24) is 10.0 Å². The predicted octanol–water partition coefficient (Wildman–Crippen LogP) is 2.33. The van der Waals surface area contributed by atoms with E-state index in [1.54, 1.807) is 37.3 Å². The molecule has 0 aromatic heterocycles. The third-order valence-electron chi connectivity index (χ3n) is 5.96. The molecule has 0 fully saturated rings. The van der Waals surface area contributed by atoms with Gasteiger partial charge in [0.1, 0.15) is 6.04 Å². The molecule has 0 saturated heterocycles. The Bertz CT molecular complexity index is 1270. The highest BCUT2D eigenvalue weighted by Crippen LogP contribution is 2.27. The van der Waals surface area contributed by atoms with E-state index in [-0.39, 0.29) is 35.6 Å². The van der Waals surface area contributed by atoms with E-state index < -0.39 is 42.6 Å². The molecule has 10 nitrogen and oxygen atoms in total. The third kappa shape index (κ3) is 7.84. The van der Waals surface area contributed by atoms with Gasteiger partial charge in [0.15, 0.2) is 0 Å². The van der Waals surface area contributed by atoms with Gasteiger partial charge in [-0.1, -0.05) is 55.7 Å². The highest BCUT2D eigenvalue weighted by molar-refractivity contribution is 7.93. The van der Waals surface area contributed by atoms with Crippen LogP contribution in [0.4, 0.5) is 0 Å². The predicted molar refractivity (Wildman–Crippen MR) is 140 cm³/mol. The number of carboxylic acids is 1. The second-order valence-electron chi connectivity index (χ2n) is 8.89. The summed E-state index contributed by atoms with van der Waals surface area (Å²) in [5.74, 6) is -2.18. The van der Waals surface area contributed by atoms with Crippen LogP contribution in [-0.2, 0) is 29.4 Å². The summed E-state index contributed by atoms with van der Waals surface area (Å²) in [6.07, 6.45) is 1.67. The Morgan fingerprint density at radius 2 is 1.57 bits per heavy atom. The van der Waals surface area contributed by atoms with Crippen LogP contribution in [0.1, 0.15) is 51.0 Å². The van der Waals surface area contributed by atoms with Crippen molar-refractivity contribution >= 4 is 31.7 Å². The zero-order chi connectivity index (χ0) is 27.7. The lowest BCUT2D eigenvalue weighted by molar-refractivity contribution is -0.140. The van der Waals surface area contributed by atoms with E-state index >= 15 is 0 Å². The van der Waals surface area contributed by atoms with Gasteiger partial charge in [0.05, 0.1) is 9.79 Å². The molecule has 37 heavy (non-hydrogen) atoms. The number of sulfonamides is 1. The first-order valence-electron chi connectivity index (χ1n) is 12.0. The smallest absolute Gasteiger partial charge is 0.339 e. The van der Waals surface area contributed by atoms with Crippen molar-refractivity contribution in [2.45, 2.75) is 73.1 Å². The summed E-state index contributed by atoms with van der Waals surface area (Å²) in [6.45, 7) is 3.79. The van der Waals surface area contributed by atoms with Crippen LogP contribution in [0.5, 0.6) is 0 Å². The Morgan fingerprint density at radius 1 is 0.946 bits per heavy atom. The standard InChI is InChI=1S/C25H35N3O7S2/c1-3-4-12-22(28-37(34,35)21-10-6-5-7-11-21)23(29)27-18-9-8-17-25(26,24(30)31)36(32,33)20-15-13-19(2)14-16-20/h5-7,10-11,13-16,22,28H,3-4,8-9,12,17-18,26H2,1-2H3,(H,27,29)(H,30,31)/t22-,25+/m0/s1. The minimum atomic E-state index is -4.38. The van der Waals surface area contributed by atoms with Crippen LogP contribution in [0.15, 0.2) is 64.4 Å². The molecule has 0 spiro atoms. The number of carbonyl (C=O) groups is 2. The van der Waals surface area contributed by atoms with Gasteiger partial charge in [-0.05, 0) is 56.9 Å². The van der Waals surface area contributed by atoms with E-state index in [9.17, 15) is 31.5 Å². The SMILES string of the molecule is CCCC[C@H](NS(=O)(=O)c1ccccc1)C(=O)NCCCC[C@](N)(C(=O)O)S(=O)(=O)c1ccc(C)cc1. The third-order valence-corrected chi connectivity index (χ3v) is 9.68. The zero-order valence-corrected chi connectivity index (χ0v) is 22.6. The van der Waals surface area contributed by atoms with Gasteiger partial charge in [-0.15, -0.1) is 0 Å². The zero-order valence-electron chi connectivity index (χ0n) is 21.0. The summed E-state index contributed by atoms with van der Waals surface area (Å²) in [5, 5.41) is 12.3. The Kier molecular flexibility index (Phi) is 10.8. The van der Waals surface area contributed by atoms with E-state index in [4.69, 9.17) is 5.73 Å². The maximum absolute atomic E-state index is 13.0. The fourth-order valence-corrected chi connectivity index (χ4v) is 6.45. The molecule has 2 atom stereocenters. The number of sulfone groups is 1. The first kappa shape index (κ1) is 30.4. The van der Waals surface area contributed by atoms with Gasteiger partial charge in [-0.2, -0.15) is 4.72 Å². The van der Waals surface area contributed by atoms with Crippen LogP contribution in [0.3, 0.4) is 0 Å². The lowest BCUT2D eigenvalue weighted by Crippen LogP contribution is -2.54. The first-order chi connectivity index (χ1) is 17.3. The normalized spacial score (nSPS) is 14.5. The number of nitrogens with two attached hydrogens (primary N) is 1. The van der Waals surface area contributed by atoms with E-state index in [0.717, 1.165) is 12.0 Å². The minimum Gasteiger partial charge on any atom is -0.479 e. The lowest BCUT2D eigenvalue weighted by atomic mass is 10.1. The van der Waals surface area contributed by atoms with E-state index in [1.807, 2.05) is 6.92 Å². The van der Waals surface area contributed by atoms with Crippen LogP contribution in [-0.4, -0.2) is 51.3 Å². The molecule has 0 radical (unpaired) electrons. The van der Waals surface area contributed by atoms with Gasteiger partial charge < -0.3 is 16.2 Å². The molecular formula is C25H35N3O7S2. The minimum absolute atomic E-state index is 0.0482. The molecular weight excluding hydrogens is 518 g/mol. The molecule has 0 aliphatic rings. The number of unbranched alkanes of at least 4 members (excludes halogenated alkanes) is 2. The fourth-order valence-electron chi connectivity index (χ4n) is 3.64. The topological polar surface area (TPSA) is 173 Å². The second kappa shape index (κ2) is 13.1. The van der Waals surface area contributed by atoms with Gasteiger partial charge in [0.2, 0.25) is 30.6 Å². The van der Waals surface area contributed by atoms with E-state index in [2.05, 4.69) is 10.0 Å². The Hall–Kier alpha value is -2.80. The average molecular weight is 554 g/mol. The van der Waals surface area contributed by atoms with Crippen LogP contribution in [0, 0.1) is 6.92 Å². The monoisotopic (exact) mass is 553 g/mol. The number of hydrogen-bond acceptors (Lipinski definition) is 7. The van der Waals surface area contributed by atoms with Crippen molar-refractivity contribution in [3.05, 3.63) is 60.2 Å². The highest BCUT2D eigenvalue weighted by Gasteiger charge is 2.47. The molecule has 12 heteroatoms. The van der Waals surface area contributed by atoms with Gasteiger partial charge in [0, 0.05) is 6.54 Å². The van der Waals surface area contributed by atoms with Gasteiger partial charge >= 0.3 is 5.97 Å². The molecule has 204 valence electrons. The van der Waals surface area contributed by atoms with Crippen LogP contribution in [0.2, 0.25) is 0 Å². The molecule has 0 aliphatic carbocycles. The summed E-state index contributed by atoms with van der Waals surface area (Å²) >= 11 is 0. The van der Waals surface area contributed by atoms with E-state index in [0.29, 0.717) is 12.8 Å². The molecule has 0 aliphatic heterocycles. The summed E-state index contributed by atoms with van der Waals surface area (Å²) < 4.78 is 53.8. The summed E-state index contributed by atoms with van der Waals surface area (Å²) in [7, 11) is -8.28. The van der Waals surface area contributed by atoms with Crippen molar-refractivity contribution in [2.24, 2.45) is 5.73 Å². The second-order valence-corrected chi connectivity index (χ2v) is 12.8. The molecule has 0 heterocycles. The Labute approximate surface area is 218 Å². The number of aliphatic carboxylic acids is 1. The molecule has 5 N–H and O–H groups in total. The van der Waals surface area contributed by atoms with Gasteiger partial charge in [-0.3, -0.25) is 4.79 Å². The van der Waals surface area contributed by atoms with Gasteiger partial charge in [0.25, 0.3) is 0 Å². The van der Waals surface area contributed by atoms with Crippen molar-refractivity contribution in [2.75, 3.05) is 6.54 Å². The van der Waals surface area contributed by atoms with Crippen molar-refractivity contribution in [3.8, 4) is 0 Å². The number of nitrogens with one attached hydrogen (secondary N) is 2. The summed E-state index contributed by atoms with van der Waals surface area (Å²) in [4.78, 5) is 22.0. The lowest BCUT2D eigenvalue weighted by Gasteiger charge is -2.25. The molecule has 0 saturated carbocycles. The average Bonchev–Trinajstić information content (AvgIpc) is 2.86. The number of aryl methyl sites for hydroxylation is 1. The fraction of sp³-hybridized carbons (Fsp3) is 0.440. The summed E-state index contributed by atoms with van der Waals surface area (Å²) in [5.41, 5.74) is 6.72. The van der Waals surface area contributed by atoms with Crippen LogP contribution in [0.25, 0.3) is 0 Å². The maximum Gasteiger partial charge on any atom is 0.339 e. The largest absolute Gasteiger partial charge is 0.479 e. The number of carboxylic acid groups (broad SMARTS) is 1. The number of carbonyl (C=O) groups excluding carboxylic acids is 1. The molecule has 2 aromatic carbocycles. The molecule has 0 bridgehead atoms. The highest BCUT2D eigenvalue weighted by atomic mass is 32.2. The Morgan fingerprint density at radius 3 is 2.14 bits per heavy atom. The number of rotatable bonds is 15. The van der Waals surface area contributed by atoms with Crippen molar-refractivity contribution in [3.63, 3.8) is 0 Å². The number of hydrogen-bond donors (Lipinski definition) is 4. The van der Waals surface area contributed by atoms with Crippen molar-refractivity contribution in [1.29, 1.82) is 0 Å². The Balaban J connectivity index is 1.99. The molecule has 0 unspecified atom stereocenters. The molecule has 1 amide bonds. The number of benzene rings is 2. The van der Waals surface area contributed by atoms with Crippen LogP contribution < -0.4 is 15.8 Å². The van der Waals surface area contributed by atoms with Gasteiger partial charge in [-0.25, -0.2) is 21.6 Å².